The minimum absolute atomic E-state index is 0.397. The van der Waals surface area contributed by atoms with Crippen molar-refractivity contribution in [1.29, 1.82) is 0 Å². The summed E-state index contributed by atoms with van der Waals surface area (Å²) in [6.45, 7) is 7.90. The number of hydrogen-bond acceptors (Lipinski definition) is 4. The van der Waals surface area contributed by atoms with Gasteiger partial charge < -0.3 is 20.1 Å². The summed E-state index contributed by atoms with van der Waals surface area (Å²) in [5, 5.41) is 7.29. The lowest BCUT2D eigenvalue weighted by Gasteiger charge is -2.63. The second-order valence-corrected chi connectivity index (χ2v) is 7.90. The number of hydrogen-bond donors (Lipinski definition) is 2. The third-order valence-electron chi connectivity index (χ3n) is 6.79. The van der Waals surface area contributed by atoms with Crippen molar-refractivity contribution in [3.8, 4) is 0 Å². The van der Waals surface area contributed by atoms with Crippen molar-refractivity contribution in [2.24, 2.45) is 16.3 Å². The first-order chi connectivity index (χ1) is 11.7. The van der Waals surface area contributed by atoms with Crippen molar-refractivity contribution >= 4 is 5.96 Å². The van der Waals surface area contributed by atoms with Crippen LogP contribution in [0.3, 0.4) is 0 Å². The van der Waals surface area contributed by atoms with Gasteiger partial charge in [0.2, 0.25) is 0 Å². The van der Waals surface area contributed by atoms with E-state index in [0.29, 0.717) is 29.5 Å². The third kappa shape index (κ3) is 2.72. The maximum Gasteiger partial charge on any atom is 0.191 e. The van der Waals surface area contributed by atoms with E-state index in [0.717, 1.165) is 45.4 Å². The number of aliphatic imine (C=N–C) groups is 1. The minimum Gasteiger partial charge on any atom is -0.379 e. The normalized spacial score (nSPS) is 36.6. The van der Waals surface area contributed by atoms with Crippen LogP contribution < -0.4 is 10.6 Å². The Morgan fingerprint density at radius 1 is 1.29 bits per heavy atom. The van der Waals surface area contributed by atoms with Gasteiger partial charge in [-0.3, -0.25) is 9.89 Å². The first kappa shape index (κ1) is 16.6. The molecule has 0 bridgehead atoms. The number of nitrogens with zero attached hydrogens (tertiary/aromatic N) is 2. The highest BCUT2D eigenvalue weighted by Gasteiger charge is 2.66. The SMILES string of the molecule is CN=C(NCC(C)N1CCOCC1)NC1C2CCOC2C12CCC2. The average Bonchev–Trinajstić information content (AvgIpc) is 2.99. The van der Waals surface area contributed by atoms with Gasteiger partial charge in [-0.1, -0.05) is 6.42 Å². The Morgan fingerprint density at radius 2 is 2.08 bits per heavy atom. The van der Waals surface area contributed by atoms with E-state index in [2.05, 4.69) is 27.4 Å². The van der Waals surface area contributed by atoms with Crippen molar-refractivity contribution in [3.63, 3.8) is 0 Å². The number of morpholine rings is 1. The molecule has 6 heteroatoms. The lowest BCUT2D eigenvalue weighted by atomic mass is 9.46. The van der Waals surface area contributed by atoms with Crippen molar-refractivity contribution in [2.45, 2.75) is 50.8 Å². The van der Waals surface area contributed by atoms with E-state index in [-0.39, 0.29) is 0 Å². The van der Waals surface area contributed by atoms with E-state index >= 15 is 0 Å². The van der Waals surface area contributed by atoms with Crippen LogP contribution in [0.5, 0.6) is 0 Å². The van der Waals surface area contributed by atoms with Crippen LogP contribution in [0.1, 0.15) is 32.6 Å². The molecule has 4 rings (SSSR count). The summed E-state index contributed by atoms with van der Waals surface area (Å²) in [5.74, 6) is 1.64. The summed E-state index contributed by atoms with van der Waals surface area (Å²) < 4.78 is 11.5. The zero-order chi connectivity index (χ0) is 16.6. The van der Waals surface area contributed by atoms with E-state index in [1.165, 1.54) is 25.7 Å². The van der Waals surface area contributed by atoms with Crippen LogP contribution in [0.2, 0.25) is 0 Å². The van der Waals surface area contributed by atoms with Gasteiger partial charge in [-0.15, -0.1) is 0 Å². The Balaban J connectivity index is 1.30. The molecule has 6 nitrogen and oxygen atoms in total. The molecule has 4 unspecified atom stereocenters. The van der Waals surface area contributed by atoms with Crippen LogP contribution in [0.4, 0.5) is 0 Å². The number of fused-ring (bicyclic) bond motifs is 2. The largest absolute Gasteiger partial charge is 0.379 e. The number of rotatable bonds is 4. The molecule has 0 radical (unpaired) electrons. The summed E-state index contributed by atoms with van der Waals surface area (Å²) in [5.41, 5.74) is 0.397. The van der Waals surface area contributed by atoms with E-state index in [9.17, 15) is 0 Å². The van der Waals surface area contributed by atoms with E-state index in [1.54, 1.807) is 0 Å². The molecule has 0 amide bonds. The molecular formula is C18H32N4O2. The van der Waals surface area contributed by atoms with Gasteiger partial charge in [0.25, 0.3) is 0 Å². The van der Waals surface area contributed by atoms with Gasteiger partial charge in [0.1, 0.15) is 0 Å². The Labute approximate surface area is 145 Å². The van der Waals surface area contributed by atoms with Crippen LogP contribution in [0.15, 0.2) is 4.99 Å². The molecule has 2 aliphatic heterocycles. The van der Waals surface area contributed by atoms with Crippen LogP contribution in [0, 0.1) is 11.3 Å². The second kappa shape index (κ2) is 6.81. The number of guanidine groups is 1. The summed E-state index contributed by atoms with van der Waals surface area (Å²) in [4.78, 5) is 6.96. The van der Waals surface area contributed by atoms with Crippen LogP contribution in [-0.4, -0.2) is 75.5 Å². The van der Waals surface area contributed by atoms with Gasteiger partial charge in [-0.05, 0) is 26.2 Å². The minimum atomic E-state index is 0.397. The zero-order valence-electron chi connectivity index (χ0n) is 15.1. The van der Waals surface area contributed by atoms with Crippen LogP contribution in [0.25, 0.3) is 0 Å². The zero-order valence-corrected chi connectivity index (χ0v) is 15.1. The predicted octanol–water partition coefficient (Wildman–Crippen LogP) is 0.830. The standard InChI is InChI=1S/C18H32N4O2/c1-13(22-7-10-23-11-8-22)12-20-17(19-2)21-15-14-4-9-24-16(14)18(15)5-3-6-18/h13-16H,3-12H2,1-2H3,(H2,19,20,21). The van der Waals surface area contributed by atoms with Crippen LogP contribution >= 0.6 is 0 Å². The highest BCUT2D eigenvalue weighted by atomic mass is 16.5. The smallest absolute Gasteiger partial charge is 0.191 e. The topological polar surface area (TPSA) is 58.1 Å². The fraction of sp³-hybridized carbons (Fsp3) is 0.944. The maximum atomic E-state index is 6.01. The average molecular weight is 336 g/mol. The van der Waals surface area contributed by atoms with Crippen molar-refractivity contribution < 1.29 is 9.47 Å². The Hall–Kier alpha value is -0.850. The van der Waals surface area contributed by atoms with Gasteiger partial charge in [0.15, 0.2) is 5.96 Å². The summed E-state index contributed by atoms with van der Waals surface area (Å²) >= 11 is 0. The first-order valence-electron chi connectivity index (χ1n) is 9.65. The molecule has 0 aromatic rings. The molecule has 0 aromatic heterocycles. The molecule has 2 N–H and O–H groups in total. The molecule has 4 aliphatic rings. The molecule has 4 fully saturated rings. The molecule has 24 heavy (non-hydrogen) atoms. The summed E-state index contributed by atoms with van der Waals surface area (Å²) in [6, 6.07) is 1.04. The van der Waals surface area contributed by atoms with E-state index in [1.807, 2.05) is 7.05 Å². The molecule has 2 saturated heterocycles. The molecule has 1 spiro atoms. The maximum absolute atomic E-state index is 6.01. The third-order valence-corrected chi connectivity index (χ3v) is 6.79. The second-order valence-electron chi connectivity index (χ2n) is 7.90. The highest BCUT2D eigenvalue weighted by molar-refractivity contribution is 5.80. The highest BCUT2D eigenvalue weighted by Crippen LogP contribution is 2.62. The van der Waals surface area contributed by atoms with Crippen molar-refractivity contribution in [2.75, 3.05) is 46.5 Å². The summed E-state index contributed by atoms with van der Waals surface area (Å²) in [7, 11) is 1.88. The fourth-order valence-electron chi connectivity index (χ4n) is 5.19. The predicted molar refractivity (Wildman–Crippen MR) is 94.3 cm³/mol. The van der Waals surface area contributed by atoms with E-state index in [4.69, 9.17) is 9.47 Å². The van der Waals surface area contributed by atoms with Gasteiger partial charge in [0.05, 0.1) is 19.3 Å². The van der Waals surface area contributed by atoms with E-state index < -0.39 is 0 Å². The fourth-order valence-corrected chi connectivity index (χ4v) is 5.19. The number of nitrogens with one attached hydrogen (secondary N) is 2. The number of ether oxygens (including phenoxy) is 2. The molecule has 136 valence electrons. The molecule has 2 heterocycles. The molecular weight excluding hydrogens is 304 g/mol. The molecule has 0 aromatic carbocycles. The van der Waals surface area contributed by atoms with Gasteiger partial charge >= 0.3 is 0 Å². The van der Waals surface area contributed by atoms with Gasteiger partial charge in [-0.2, -0.15) is 0 Å². The van der Waals surface area contributed by atoms with Crippen molar-refractivity contribution in [3.05, 3.63) is 0 Å². The Kier molecular flexibility index (Phi) is 4.71. The van der Waals surface area contributed by atoms with Gasteiger partial charge in [-0.25, -0.2) is 0 Å². The molecule has 4 atom stereocenters. The molecule has 2 aliphatic carbocycles. The van der Waals surface area contributed by atoms with Crippen molar-refractivity contribution in [1.82, 2.24) is 15.5 Å². The quantitative estimate of drug-likeness (QED) is 0.588. The van der Waals surface area contributed by atoms with Gasteiger partial charge in [0, 0.05) is 56.7 Å². The Bertz CT molecular complexity index is 474. The van der Waals surface area contributed by atoms with Crippen LogP contribution in [-0.2, 0) is 9.47 Å². The summed E-state index contributed by atoms with van der Waals surface area (Å²) in [6.07, 6.45) is 5.69. The lowest BCUT2D eigenvalue weighted by Crippen LogP contribution is -2.72. The Morgan fingerprint density at radius 3 is 2.75 bits per heavy atom. The monoisotopic (exact) mass is 336 g/mol. The first-order valence-corrected chi connectivity index (χ1v) is 9.65. The molecule has 2 saturated carbocycles. The lowest BCUT2D eigenvalue weighted by molar-refractivity contribution is -0.171.